The SMILES string of the molecule is CCCCC(C)(CC)CC#N. The molecule has 1 heteroatoms. The Morgan fingerprint density at radius 2 is 2.00 bits per heavy atom. The zero-order valence-corrected chi connectivity index (χ0v) is 7.98. The van der Waals surface area contributed by atoms with E-state index in [-0.39, 0.29) is 5.41 Å². The molecule has 0 radical (unpaired) electrons. The minimum atomic E-state index is 0.282. The predicted octanol–water partition coefficient (Wildman–Crippen LogP) is 3.51. The number of nitrogens with zero attached hydrogens (tertiary/aromatic N) is 1. The van der Waals surface area contributed by atoms with Gasteiger partial charge in [-0.1, -0.05) is 33.6 Å². The topological polar surface area (TPSA) is 23.8 Å². The largest absolute Gasteiger partial charge is 0.198 e. The molecule has 11 heavy (non-hydrogen) atoms. The molecule has 0 aromatic rings. The van der Waals surface area contributed by atoms with E-state index in [4.69, 9.17) is 5.26 Å². The highest BCUT2D eigenvalue weighted by atomic mass is 14.3. The van der Waals surface area contributed by atoms with Gasteiger partial charge in [-0.05, 0) is 18.3 Å². The molecule has 0 N–H and O–H groups in total. The summed E-state index contributed by atoms with van der Waals surface area (Å²) in [5.41, 5.74) is 0.282. The highest BCUT2D eigenvalue weighted by Crippen LogP contribution is 2.31. The van der Waals surface area contributed by atoms with E-state index in [2.05, 4.69) is 26.8 Å². The maximum atomic E-state index is 8.58. The monoisotopic (exact) mass is 153 g/mol. The maximum absolute atomic E-state index is 8.58. The Bertz CT molecular complexity index is 134. The second kappa shape index (κ2) is 5.18. The van der Waals surface area contributed by atoms with Gasteiger partial charge in [0.15, 0.2) is 0 Å². The molecule has 0 aromatic heterocycles. The van der Waals surface area contributed by atoms with Gasteiger partial charge in [-0.25, -0.2) is 0 Å². The lowest BCUT2D eigenvalue weighted by Gasteiger charge is -2.24. The van der Waals surface area contributed by atoms with Crippen LogP contribution in [0, 0.1) is 16.7 Å². The van der Waals surface area contributed by atoms with Crippen LogP contribution >= 0.6 is 0 Å². The van der Waals surface area contributed by atoms with Crippen molar-refractivity contribution in [3.8, 4) is 6.07 Å². The Labute approximate surface area is 70.4 Å². The molecule has 0 aliphatic carbocycles. The summed E-state index contributed by atoms with van der Waals surface area (Å²) in [7, 11) is 0. The van der Waals surface area contributed by atoms with Crippen LogP contribution < -0.4 is 0 Å². The van der Waals surface area contributed by atoms with Crippen LogP contribution in [0.4, 0.5) is 0 Å². The summed E-state index contributed by atoms with van der Waals surface area (Å²) in [6.07, 6.45) is 5.53. The molecule has 0 saturated carbocycles. The Hall–Kier alpha value is -0.510. The van der Waals surface area contributed by atoms with Gasteiger partial charge in [-0.15, -0.1) is 0 Å². The molecule has 64 valence electrons. The lowest BCUT2D eigenvalue weighted by Crippen LogP contribution is -2.13. The molecule has 0 aliphatic rings. The zero-order valence-electron chi connectivity index (χ0n) is 7.98. The molecule has 0 fully saturated rings. The Kier molecular flexibility index (Phi) is 4.94. The van der Waals surface area contributed by atoms with Crippen molar-refractivity contribution in [3.05, 3.63) is 0 Å². The molecule has 0 saturated heterocycles. The third-order valence-electron chi connectivity index (χ3n) is 2.49. The number of rotatable bonds is 5. The summed E-state index contributed by atoms with van der Waals surface area (Å²) in [6.45, 7) is 6.58. The molecular formula is C10H19N. The fourth-order valence-electron chi connectivity index (χ4n) is 1.18. The molecule has 0 bridgehead atoms. The summed E-state index contributed by atoms with van der Waals surface area (Å²) in [4.78, 5) is 0. The number of hydrogen-bond acceptors (Lipinski definition) is 1. The second-order valence-electron chi connectivity index (χ2n) is 3.60. The van der Waals surface area contributed by atoms with Crippen LogP contribution in [0.2, 0.25) is 0 Å². The Morgan fingerprint density at radius 3 is 2.36 bits per heavy atom. The molecule has 0 aliphatic heterocycles. The molecule has 1 atom stereocenters. The van der Waals surface area contributed by atoms with Crippen LogP contribution in [0.1, 0.15) is 52.9 Å². The maximum Gasteiger partial charge on any atom is 0.0627 e. The van der Waals surface area contributed by atoms with Crippen LogP contribution in [0.5, 0.6) is 0 Å². The summed E-state index contributed by atoms with van der Waals surface area (Å²) in [5.74, 6) is 0. The molecule has 1 nitrogen and oxygen atoms in total. The zero-order chi connectivity index (χ0) is 8.74. The van der Waals surface area contributed by atoms with Gasteiger partial charge < -0.3 is 0 Å². The second-order valence-corrected chi connectivity index (χ2v) is 3.60. The first-order valence-electron chi connectivity index (χ1n) is 4.55. The first kappa shape index (κ1) is 10.5. The molecule has 1 unspecified atom stereocenters. The van der Waals surface area contributed by atoms with Crippen LogP contribution in [-0.2, 0) is 0 Å². The van der Waals surface area contributed by atoms with E-state index in [0.717, 1.165) is 6.42 Å². The van der Waals surface area contributed by atoms with Crippen molar-refractivity contribution in [2.24, 2.45) is 5.41 Å². The standard InChI is InChI=1S/C10H19N/c1-4-6-7-10(3,5-2)8-9-11/h4-8H2,1-3H3. The molecule has 0 aromatic carbocycles. The summed E-state index contributed by atoms with van der Waals surface area (Å²) in [6, 6.07) is 2.27. The van der Waals surface area contributed by atoms with E-state index in [9.17, 15) is 0 Å². The number of hydrogen-bond donors (Lipinski definition) is 0. The minimum absolute atomic E-state index is 0.282. The van der Waals surface area contributed by atoms with E-state index >= 15 is 0 Å². The van der Waals surface area contributed by atoms with Crippen molar-refractivity contribution < 1.29 is 0 Å². The normalized spacial score (nSPS) is 15.5. The first-order chi connectivity index (χ1) is 5.18. The highest BCUT2D eigenvalue weighted by Gasteiger charge is 2.20. The lowest BCUT2D eigenvalue weighted by atomic mass is 9.80. The van der Waals surface area contributed by atoms with Gasteiger partial charge in [0.2, 0.25) is 0 Å². The van der Waals surface area contributed by atoms with Gasteiger partial charge in [-0.2, -0.15) is 5.26 Å². The van der Waals surface area contributed by atoms with E-state index < -0.39 is 0 Å². The van der Waals surface area contributed by atoms with Crippen LogP contribution in [0.25, 0.3) is 0 Å². The first-order valence-corrected chi connectivity index (χ1v) is 4.55. The van der Waals surface area contributed by atoms with Gasteiger partial charge in [0.05, 0.1) is 6.07 Å². The van der Waals surface area contributed by atoms with Crippen molar-refractivity contribution in [2.45, 2.75) is 52.9 Å². The van der Waals surface area contributed by atoms with Crippen molar-refractivity contribution in [1.82, 2.24) is 0 Å². The quantitative estimate of drug-likeness (QED) is 0.593. The van der Waals surface area contributed by atoms with Crippen LogP contribution in [0.15, 0.2) is 0 Å². The van der Waals surface area contributed by atoms with Crippen molar-refractivity contribution in [1.29, 1.82) is 5.26 Å². The summed E-state index contributed by atoms with van der Waals surface area (Å²) < 4.78 is 0. The third kappa shape index (κ3) is 4.03. The Morgan fingerprint density at radius 1 is 1.36 bits per heavy atom. The van der Waals surface area contributed by atoms with E-state index in [1.807, 2.05) is 0 Å². The van der Waals surface area contributed by atoms with E-state index in [1.165, 1.54) is 19.3 Å². The molecule has 0 rings (SSSR count). The van der Waals surface area contributed by atoms with Crippen LogP contribution in [-0.4, -0.2) is 0 Å². The van der Waals surface area contributed by atoms with Gasteiger partial charge in [0.25, 0.3) is 0 Å². The van der Waals surface area contributed by atoms with E-state index in [1.54, 1.807) is 0 Å². The number of nitriles is 1. The lowest BCUT2D eigenvalue weighted by molar-refractivity contribution is 0.283. The minimum Gasteiger partial charge on any atom is -0.198 e. The van der Waals surface area contributed by atoms with Crippen LogP contribution in [0.3, 0.4) is 0 Å². The van der Waals surface area contributed by atoms with Crippen molar-refractivity contribution in [3.63, 3.8) is 0 Å². The smallest absolute Gasteiger partial charge is 0.0627 e. The van der Waals surface area contributed by atoms with Gasteiger partial charge in [-0.3, -0.25) is 0 Å². The third-order valence-corrected chi connectivity index (χ3v) is 2.49. The number of unbranched alkanes of at least 4 members (excludes halogenated alkanes) is 1. The van der Waals surface area contributed by atoms with Gasteiger partial charge >= 0.3 is 0 Å². The van der Waals surface area contributed by atoms with Crippen molar-refractivity contribution >= 4 is 0 Å². The highest BCUT2D eigenvalue weighted by molar-refractivity contribution is 4.84. The van der Waals surface area contributed by atoms with E-state index in [0.29, 0.717) is 6.42 Å². The summed E-state index contributed by atoms with van der Waals surface area (Å²) in [5, 5.41) is 8.58. The molecule has 0 amide bonds. The average Bonchev–Trinajstić information content (AvgIpc) is 2.02. The van der Waals surface area contributed by atoms with Crippen molar-refractivity contribution in [2.75, 3.05) is 0 Å². The fourth-order valence-corrected chi connectivity index (χ4v) is 1.18. The predicted molar refractivity (Wildman–Crippen MR) is 48.2 cm³/mol. The van der Waals surface area contributed by atoms with Gasteiger partial charge in [0, 0.05) is 6.42 Å². The average molecular weight is 153 g/mol. The summed E-state index contributed by atoms with van der Waals surface area (Å²) >= 11 is 0. The fraction of sp³-hybridized carbons (Fsp3) is 0.900. The molecule has 0 spiro atoms. The van der Waals surface area contributed by atoms with Gasteiger partial charge in [0.1, 0.15) is 0 Å². The molecular weight excluding hydrogens is 134 g/mol. The Balaban J connectivity index is 3.80. The molecule has 0 heterocycles.